The molecule has 1 aliphatic rings. The maximum absolute atomic E-state index is 11.8. The summed E-state index contributed by atoms with van der Waals surface area (Å²) in [5.74, 6) is -0.0208. The fraction of sp³-hybridized carbons (Fsp3) is 0.400. The maximum atomic E-state index is 11.8. The van der Waals surface area contributed by atoms with Crippen LogP contribution < -0.4 is 10.7 Å². The van der Waals surface area contributed by atoms with Gasteiger partial charge in [-0.15, -0.1) is 0 Å². The Balaban J connectivity index is 1.93. The van der Waals surface area contributed by atoms with Gasteiger partial charge in [0.05, 0.1) is 0 Å². The van der Waals surface area contributed by atoms with Crippen LogP contribution in [-0.4, -0.2) is 17.5 Å². The molecule has 0 atom stereocenters. The lowest BCUT2D eigenvalue weighted by Crippen LogP contribution is -2.19. The second-order valence-electron chi connectivity index (χ2n) is 4.98. The topological polar surface area (TPSA) is 70.6 Å². The summed E-state index contributed by atoms with van der Waals surface area (Å²) in [5, 5.41) is 6.80. The van der Waals surface area contributed by atoms with E-state index < -0.39 is 0 Å². The van der Waals surface area contributed by atoms with Gasteiger partial charge in [0.25, 0.3) is 5.91 Å². The zero-order chi connectivity index (χ0) is 14.5. The Labute approximate surface area is 118 Å². The second kappa shape index (κ2) is 6.32. The zero-order valence-electron chi connectivity index (χ0n) is 11.8. The molecule has 0 spiro atoms. The van der Waals surface area contributed by atoms with Crippen LogP contribution in [0.1, 0.15) is 43.5 Å². The number of nitrogens with one attached hydrogen (secondary N) is 2. The summed E-state index contributed by atoms with van der Waals surface area (Å²) >= 11 is 0. The molecule has 0 heterocycles. The molecule has 0 bridgehead atoms. The first-order valence-corrected chi connectivity index (χ1v) is 6.84. The molecule has 0 saturated heterocycles. The van der Waals surface area contributed by atoms with E-state index in [1.165, 1.54) is 0 Å². The largest absolute Gasteiger partial charge is 0.326 e. The molecule has 5 nitrogen and oxygen atoms in total. The number of hydrogen-bond acceptors (Lipinski definition) is 3. The van der Waals surface area contributed by atoms with Gasteiger partial charge < -0.3 is 5.32 Å². The predicted octanol–water partition coefficient (Wildman–Crippen LogP) is 2.55. The van der Waals surface area contributed by atoms with E-state index in [0.717, 1.165) is 25.0 Å². The van der Waals surface area contributed by atoms with E-state index in [2.05, 4.69) is 15.8 Å². The fourth-order valence-corrected chi connectivity index (χ4v) is 1.58. The third kappa shape index (κ3) is 3.91. The summed E-state index contributed by atoms with van der Waals surface area (Å²) in [6.07, 6.45) is 2.74. The van der Waals surface area contributed by atoms with E-state index in [-0.39, 0.29) is 17.7 Å². The highest BCUT2D eigenvalue weighted by Crippen LogP contribution is 2.30. The molecule has 1 aromatic rings. The molecule has 20 heavy (non-hydrogen) atoms. The van der Waals surface area contributed by atoms with Gasteiger partial charge in [-0.3, -0.25) is 9.59 Å². The molecule has 0 aliphatic heterocycles. The van der Waals surface area contributed by atoms with E-state index in [1.807, 2.05) is 13.8 Å². The van der Waals surface area contributed by atoms with Crippen LogP contribution in [0.4, 0.5) is 5.69 Å². The first kappa shape index (κ1) is 14.2. The quantitative estimate of drug-likeness (QED) is 0.639. The maximum Gasteiger partial charge on any atom is 0.271 e. The average Bonchev–Trinajstić information content (AvgIpc) is 3.29. The molecular weight excluding hydrogens is 254 g/mol. The number of anilines is 1. The molecule has 0 unspecified atom stereocenters. The van der Waals surface area contributed by atoms with Crippen LogP contribution in [0.5, 0.6) is 0 Å². The van der Waals surface area contributed by atoms with Crippen molar-refractivity contribution in [2.75, 3.05) is 5.32 Å². The van der Waals surface area contributed by atoms with Crippen molar-refractivity contribution in [2.45, 2.75) is 33.1 Å². The number of hydrogen-bond donors (Lipinski definition) is 2. The number of hydrazone groups is 1. The average molecular weight is 273 g/mol. The Hall–Kier alpha value is -2.17. The summed E-state index contributed by atoms with van der Waals surface area (Å²) < 4.78 is 0. The third-order valence-corrected chi connectivity index (χ3v) is 3.22. The molecule has 2 N–H and O–H groups in total. The second-order valence-corrected chi connectivity index (χ2v) is 4.98. The third-order valence-electron chi connectivity index (χ3n) is 3.22. The zero-order valence-corrected chi connectivity index (χ0v) is 11.8. The van der Waals surface area contributed by atoms with Crippen molar-refractivity contribution >= 4 is 23.2 Å². The van der Waals surface area contributed by atoms with E-state index in [9.17, 15) is 9.59 Å². The monoisotopic (exact) mass is 273 g/mol. The van der Waals surface area contributed by atoms with Gasteiger partial charge in [0.2, 0.25) is 5.91 Å². The van der Waals surface area contributed by atoms with Crippen LogP contribution in [0.25, 0.3) is 0 Å². The minimum Gasteiger partial charge on any atom is -0.326 e. The first-order chi connectivity index (χ1) is 9.60. The van der Waals surface area contributed by atoms with Crippen molar-refractivity contribution in [3.05, 3.63) is 29.8 Å². The van der Waals surface area contributed by atoms with Crippen LogP contribution in [-0.2, 0) is 4.79 Å². The lowest BCUT2D eigenvalue weighted by molar-refractivity contribution is -0.117. The highest BCUT2D eigenvalue weighted by atomic mass is 16.2. The minimum absolute atomic E-state index is 0.0605. The van der Waals surface area contributed by atoms with Crippen LogP contribution >= 0.6 is 0 Å². The van der Waals surface area contributed by atoms with Gasteiger partial charge in [-0.05, 0) is 50.5 Å². The highest BCUT2D eigenvalue weighted by molar-refractivity contribution is 5.97. The molecule has 106 valence electrons. The number of benzene rings is 1. The molecule has 1 fully saturated rings. The highest BCUT2D eigenvalue weighted by Gasteiger charge is 2.29. The lowest BCUT2D eigenvalue weighted by atomic mass is 10.2. The number of carbonyl (C=O) groups excluding carboxylic acids is 2. The minimum atomic E-state index is -0.252. The molecule has 0 aromatic heterocycles. The Morgan fingerprint density at radius 2 is 1.90 bits per heavy atom. The van der Waals surface area contributed by atoms with E-state index in [0.29, 0.717) is 11.3 Å². The fourth-order valence-electron chi connectivity index (χ4n) is 1.58. The summed E-state index contributed by atoms with van der Waals surface area (Å²) in [7, 11) is 0. The van der Waals surface area contributed by atoms with Crippen molar-refractivity contribution in [1.82, 2.24) is 5.43 Å². The van der Waals surface area contributed by atoms with Gasteiger partial charge in [-0.25, -0.2) is 5.43 Å². The molecule has 1 aliphatic carbocycles. The van der Waals surface area contributed by atoms with Crippen molar-refractivity contribution in [2.24, 2.45) is 11.0 Å². The standard InChI is InChI=1S/C15H19N3O2/c1-3-10(2)17-18-15(20)12-6-8-13(9-7-12)16-14(19)11-4-5-11/h6-9,11H,3-5H2,1-2H3,(H,16,19)(H,18,20)/b17-10-. The van der Waals surface area contributed by atoms with E-state index >= 15 is 0 Å². The van der Waals surface area contributed by atoms with Gasteiger partial charge in [0.1, 0.15) is 0 Å². The Morgan fingerprint density at radius 1 is 1.25 bits per heavy atom. The van der Waals surface area contributed by atoms with Gasteiger partial charge in [0, 0.05) is 22.9 Å². The summed E-state index contributed by atoms with van der Waals surface area (Å²) in [5.41, 5.74) is 4.60. The number of nitrogens with zero attached hydrogens (tertiary/aromatic N) is 1. The predicted molar refractivity (Wildman–Crippen MR) is 78.7 cm³/mol. The Bertz CT molecular complexity index is 531. The van der Waals surface area contributed by atoms with Crippen LogP contribution in [0.3, 0.4) is 0 Å². The SMILES string of the molecule is CC/C(C)=N\NC(=O)c1ccc(NC(=O)C2CC2)cc1. The Morgan fingerprint density at radius 3 is 2.45 bits per heavy atom. The molecular formula is C15H19N3O2. The van der Waals surface area contributed by atoms with Crippen molar-refractivity contribution < 1.29 is 9.59 Å². The number of carbonyl (C=O) groups is 2. The molecule has 5 heteroatoms. The molecule has 1 saturated carbocycles. The molecule has 0 radical (unpaired) electrons. The molecule has 1 aromatic carbocycles. The van der Waals surface area contributed by atoms with Gasteiger partial charge in [-0.1, -0.05) is 6.92 Å². The van der Waals surface area contributed by atoms with Gasteiger partial charge >= 0.3 is 0 Å². The van der Waals surface area contributed by atoms with Crippen LogP contribution in [0.2, 0.25) is 0 Å². The summed E-state index contributed by atoms with van der Waals surface area (Å²) in [4.78, 5) is 23.4. The number of amides is 2. The lowest BCUT2D eigenvalue weighted by Gasteiger charge is -2.05. The van der Waals surface area contributed by atoms with E-state index in [1.54, 1.807) is 24.3 Å². The van der Waals surface area contributed by atoms with Crippen molar-refractivity contribution in [3.63, 3.8) is 0 Å². The summed E-state index contributed by atoms with van der Waals surface area (Å²) in [6.45, 7) is 3.83. The summed E-state index contributed by atoms with van der Waals surface area (Å²) in [6, 6.07) is 6.81. The smallest absolute Gasteiger partial charge is 0.271 e. The number of rotatable bonds is 5. The van der Waals surface area contributed by atoms with Crippen LogP contribution in [0, 0.1) is 5.92 Å². The molecule has 2 amide bonds. The first-order valence-electron chi connectivity index (χ1n) is 6.84. The van der Waals surface area contributed by atoms with Crippen LogP contribution in [0.15, 0.2) is 29.4 Å². The van der Waals surface area contributed by atoms with E-state index in [4.69, 9.17) is 0 Å². The van der Waals surface area contributed by atoms with Gasteiger partial charge in [-0.2, -0.15) is 5.10 Å². The van der Waals surface area contributed by atoms with Crippen molar-refractivity contribution in [1.29, 1.82) is 0 Å². The van der Waals surface area contributed by atoms with Crippen molar-refractivity contribution in [3.8, 4) is 0 Å². The molecule has 2 rings (SSSR count). The van der Waals surface area contributed by atoms with Gasteiger partial charge in [0.15, 0.2) is 0 Å². The Kier molecular flexibility index (Phi) is 4.50. The normalized spacial score (nSPS) is 14.8.